The van der Waals surface area contributed by atoms with Gasteiger partial charge in [0.15, 0.2) is 0 Å². The monoisotopic (exact) mass is 346 g/mol. The van der Waals surface area contributed by atoms with Crippen LogP contribution < -0.4 is 5.73 Å². The second kappa shape index (κ2) is 6.76. The molecule has 0 aliphatic heterocycles. The minimum Gasteiger partial charge on any atom is -0.455 e. The molecule has 0 aliphatic carbocycles. The molecule has 3 rings (SSSR count). The van der Waals surface area contributed by atoms with Crippen LogP contribution in [-0.4, -0.2) is 11.0 Å². The fraction of sp³-hybridized carbons (Fsp3) is 0.0588. The van der Waals surface area contributed by atoms with Gasteiger partial charge in [-0.15, -0.1) is 11.3 Å². The number of ether oxygens (including phenoxy) is 1. The fourth-order valence-corrected chi connectivity index (χ4v) is 2.85. The van der Waals surface area contributed by atoms with Gasteiger partial charge < -0.3 is 10.5 Å². The van der Waals surface area contributed by atoms with E-state index in [-0.39, 0.29) is 23.7 Å². The van der Waals surface area contributed by atoms with Gasteiger partial charge >= 0.3 is 5.97 Å². The first-order chi connectivity index (χ1) is 11.5. The number of aromatic nitrogens is 1. The van der Waals surface area contributed by atoms with Crippen molar-refractivity contribution in [2.24, 2.45) is 0 Å². The van der Waals surface area contributed by atoms with Crippen molar-refractivity contribution < 1.29 is 18.3 Å². The second-order valence-corrected chi connectivity index (χ2v) is 5.82. The molecule has 0 spiro atoms. The van der Waals surface area contributed by atoms with Gasteiger partial charge in [-0.3, -0.25) is 0 Å². The highest BCUT2D eigenvalue weighted by atomic mass is 32.1. The van der Waals surface area contributed by atoms with Crippen LogP contribution in [0, 0.1) is 11.6 Å². The molecule has 0 radical (unpaired) electrons. The fourth-order valence-electron chi connectivity index (χ4n) is 2.04. The van der Waals surface area contributed by atoms with E-state index in [1.807, 2.05) is 0 Å². The second-order valence-electron chi connectivity index (χ2n) is 4.96. The smallest absolute Gasteiger partial charge is 0.340 e. The van der Waals surface area contributed by atoms with Gasteiger partial charge in [0.2, 0.25) is 0 Å². The number of nitrogen functional groups attached to an aromatic ring is 1. The van der Waals surface area contributed by atoms with Crippen molar-refractivity contribution in [3.05, 3.63) is 70.7 Å². The van der Waals surface area contributed by atoms with Crippen LogP contribution in [0.3, 0.4) is 0 Å². The number of nitrogens with zero attached hydrogens (tertiary/aromatic N) is 1. The van der Waals surface area contributed by atoms with Gasteiger partial charge in [-0.2, -0.15) is 0 Å². The van der Waals surface area contributed by atoms with Gasteiger partial charge in [0.1, 0.15) is 23.2 Å². The number of carbonyl (C=O) groups is 1. The lowest BCUT2D eigenvalue weighted by Crippen LogP contribution is -2.08. The van der Waals surface area contributed by atoms with Crippen molar-refractivity contribution in [3.8, 4) is 10.6 Å². The minimum atomic E-state index is -0.649. The number of halogens is 2. The third-order valence-corrected chi connectivity index (χ3v) is 4.17. The highest BCUT2D eigenvalue weighted by Crippen LogP contribution is 2.24. The van der Waals surface area contributed by atoms with Gasteiger partial charge in [0.25, 0.3) is 0 Å². The Morgan fingerprint density at radius 1 is 1.12 bits per heavy atom. The van der Waals surface area contributed by atoms with Crippen molar-refractivity contribution >= 4 is 23.0 Å². The Kier molecular flexibility index (Phi) is 4.52. The molecule has 0 unspecified atom stereocenters. The molecule has 24 heavy (non-hydrogen) atoms. The van der Waals surface area contributed by atoms with E-state index in [0.29, 0.717) is 10.7 Å². The minimum absolute atomic E-state index is 0.0188. The summed E-state index contributed by atoms with van der Waals surface area (Å²) in [5, 5.41) is 2.45. The third kappa shape index (κ3) is 3.57. The number of thiazole rings is 1. The Morgan fingerprint density at radius 3 is 2.54 bits per heavy atom. The van der Waals surface area contributed by atoms with Crippen molar-refractivity contribution in [2.75, 3.05) is 5.73 Å². The van der Waals surface area contributed by atoms with E-state index in [1.54, 1.807) is 17.5 Å². The molecule has 2 aromatic carbocycles. The first-order valence-electron chi connectivity index (χ1n) is 6.95. The molecule has 0 saturated carbocycles. The Hall–Kier alpha value is -2.80. The standard InChI is InChI=1S/C17H12F2N2O2S/c18-11-3-1-10(2-4-11)16-21-13(9-24-16)8-23-17(22)14-6-5-12(19)7-15(14)20/h1-7,9H,8,20H2. The lowest BCUT2D eigenvalue weighted by molar-refractivity contribution is 0.0469. The molecule has 0 saturated heterocycles. The zero-order valence-corrected chi connectivity index (χ0v) is 13.1. The first kappa shape index (κ1) is 16.1. The number of esters is 1. The summed E-state index contributed by atoms with van der Waals surface area (Å²) in [6.45, 7) is -0.0344. The summed E-state index contributed by atoms with van der Waals surface area (Å²) in [6, 6.07) is 9.44. The zero-order chi connectivity index (χ0) is 17.1. The largest absolute Gasteiger partial charge is 0.455 e. The maximum Gasteiger partial charge on any atom is 0.340 e. The maximum absolute atomic E-state index is 13.0. The molecular formula is C17H12F2N2O2S. The van der Waals surface area contributed by atoms with Gasteiger partial charge in [-0.05, 0) is 42.5 Å². The Bertz CT molecular complexity index is 879. The first-order valence-corrected chi connectivity index (χ1v) is 7.83. The molecule has 0 aliphatic rings. The van der Waals surface area contributed by atoms with E-state index in [2.05, 4.69) is 4.98 Å². The topological polar surface area (TPSA) is 65.2 Å². The summed E-state index contributed by atoms with van der Waals surface area (Å²) < 4.78 is 31.1. The van der Waals surface area contributed by atoms with Crippen molar-refractivity contribution in [2.45, 2.75) is 6.61 Å². The number of hydrogen-bond donors (Lipinski definition) is 1. The van der Waals surface area contributed by atoms with Gasteiger partial charge in [0.05, 0.1) is 11.3 Å². The number of carbonyl (C=O) groups excluding carboxylic acids is 1. The average molecular weight is 346 g/mol. The predicted octanol–water partition coefficient (Wildman–Crippen LogP) is 4.03. The average Bonchev–Trinajstić information content (AvgIpc) is 3.02. The van der Waals surface area contributed by atoms with Crippen LogP contribution in [0.2, 0.25) is 0 Å². The van der Waals surface area contributed by atoms with Crippen LogP contribution in [0.5, 0.6) is 0 Å². The summed E-state index contributed by atoms with van der Waals surface area (Å²) >= 11 is 1.36. The molecule has 3 aromatic rings. The summed E-state index contributed by atoms with van der Waals surface area (Å²) in [4.78, 5) is 16.3. The Morgan fingerprint density at radius 2 is 1.83 bits per heavy atom. The van der Waals surface area contributed by atoms with Gasteiger partial charge in [0, 0.05) is 16.6 Å². The van der Waals surface area contributed by atoms with Crippen molar-refractivity contribution in [3.63, 3.8) is 0 Å². The lowest BCUT2D eigenvalue weighted by Gasteiger charge is -2.05. The molecule has 4 nitrogen and oxygen atoms in total. The summed E-state index contributed by atoms with van der Waals surface area (Å²) in [5.74, 6) is -1.49. The lowest BCUT2D eigenvalue weighted by atomic mass is 10.2. The number of hydrogen-bond acceptors (Lipinski definition) is 5. The molecule has 1 heterocycles. The molecule has 0 amide bonds. The summed E-state index contributed by atoms with van der Waals surface area (Å²) in [7, 11) is 0. The normalized spacial score (nSPS) is 10.6. The molecule has 0 atom stereocenters. The van der Waals surface area contributed by atoms with Gasteiger partial charge in [-0.1, -0.05) is 0 Å². The van der Waals surface area contributed by atoms with Crippen LogP contribution in [0.4, 0.5) is 14.5 Å². The molecular weight excluding hydrogens is 334 g/mol. The highest BCUT2D eigenvalue weighted by molar-refractivity contribution is 7.13. The number of benzene rings is 2. The molecule has 1 aromatic heterocycles. The number of nitrogens with two attached hydrogens (primary N) is 1. The van der Waals surface area contributed by atoms with Crippen molar-refractivity contribution in [1.82, 2.24) is 4.98 Å². The quantitative estimate of drug-likeness (QED) is 0.572. The molecule has 2 N–H and O–H groups in total. The summed E-state index contributed by atoms with van der Waals surface area (Å²) in [5.41, 5.74) is 7.06. The molecule has 0 bridgehead atoms. The molecule has 0 fully saturated rings. The third-order valence-electron chi connectivity index (χ3n) is 3.23. The van der Waals surface area contributed by atoms with Crippen LogP contribution in [0.15, 0.2) is 47.8 Å². The summed E-state index contributed by atoms with van der Waals surface area (Å²) in [6.07, 6.45) is 0. The van der Waals surface area contributed by atoms with E-state index in [0.717, 1.165) is 17.7 Å². The number of rotatable bonds is 4. The molecule has 7 heteroatoms. The predicted molar refractivity (Wildman–Crippen MR) is 87.4 cm³/mol. The number of anilines is 1. The Balaban J connectivity index is 1.67. The van der Waals surface area contributed by atoms with Crippen LogP contribution in [0.1, 0.15) is 16.1 Å². The van der Waals surface area contributed by atoms with E-state index in [4.69, 9.17) is 10.5 Å². The van der Waals surface area contributed by atoms with E-state index >= 15 is 0 Å². The van der Waals surface area contributed by atoms with Crippen LogP contribution in [-0.2, 0) is 11.3 Å². The van der Waals surface area contributed by atoms with Crippen molar-refractivity contribution in [1.29, 1.82) is 0 Å². The zero-order valence-electron chi connectivity index (χ0n) is 12.3. The highest BCUT2D eigenvalue weighted by Gasteiger charge is 2.13. The van der Waals surface area contributed by atoms with Crippen LogP contribution in [0.25, 0.3) is 10.6 Å². The van der Waals surface area contributed by atoms with E-state index in [9.17, 15) is 13.6 Å². The SMILES string of the molecule is Nc1cc(F)ccc1C(=O)OCc1csc(-c2ccc(F)cc2)n1. The van der Waals surface area contributed by atoms with Crippen LogP contribution >= 0.6 is 11.3 Å². The van der Waals surface area contributed by atoms with E-state index < -0.39 is 11.8 Å². The van der Waals surface area contributed by atoms with Gasteiger partial charge in [-0.25, -0.2) is 18.6 Å². The molecule has 122 valence electrons. The Labute approximate surface area is 140 Å². The van der Waals surface area contributed by atoms with E-state index in [1.165, 1.54) is 29.5 Å². The maximum atomic E-state index is 13.0.